The van der Waals surface area contributed by atoms with Crippen molar-refractivity contribution in [3.63, 3.8) is 0 Å². The zero-order valence-corrected chi connectivity index (χ0v) is 38.1. The molecule has 6 nitrogen and oxygen atoms in total. The number of ether oxygens (including phenoxy) is 3. The number of hydrogen-bond acceptors (Lipinski definition) is 6. The molecule has 0 radical (unpaired) electrons. The Bertz CT molecular complexity index is 927. The SMILES string of the molecule is CCCCCC/C=C\CCCCCCCC(=O)OC(COC(=O)CCCCCCCCC/C=C\CCCCCCCC)COC(=O)CCCCCCCCCCC. The molecule has 334 valence electrons. The number of rotatable bonds is 45. The average Bonchev–Trinajstić information content (AvgIpc) is 3.21. The number of carbonyl (C=O) groups excluding carboxylic acids is 3. The number of esters is 3. The van der Waals surface area contributed by atoms with E-state index in [-0.39, 0.29) is 31.1 Å². The third kappa shape index (κ3) is 44.8. The molecule has 0 fully saturated rings. The van der Waals surface area contributed by atoms with Gasteiger partial charge in [-0.2, -0.15) is 0 Å². The second kappa shape index (κ2) is 46.6. The van der Waals surface area contributed by atoms with E-state index in [1.54, 1.807) is 0 Å². The van der Waals surface area contributed by atoms with Crippen molar-refractivity contribution in [2.75, 3.05) is 13.2 Å². The smallest absolute Gasteiger partial charge is 0.306 e. The fourth-order valence-electron chi connectivity index (χ4n) is 7.14. The second-order valence-corrected chi connectivity index (χ2v) is 16.7. The van der Waals surface area contributed by atoms with Crippen LogP contribution >= 0.6 is 0 Å². The highest BCUT2D eigenvalue weighted by Crippen LogP contribution is 2.15. The van der Waals surface area contributed by atoms with Gasteiger partial charge in [-0.3, -0.25) is 14.4 Å². The molecule has 0 amide bonds. The summed E-state index contributed by atoms with van der Waals surface area (Å²) in [6, 6.07) is 0. The Balaban J connectivity index is 4.31. The Morgan fingerprint density at radius 2 is 0.579 bits per heavy atom. The standard InChI is InChI=1S/C51H94O6/c1-4-7-10-13-16-19-21-23-24-25-26-28-29-32-35-38-41-44-50(53)56-47-48(46-55-49(52)43-40-37-34-31-18-15-12-9-6-3)57-51(54)45-42-39-36-33-30-27-22-20-17-14-11-8-5-2/h20,22-24,48H,4-19,21,25-47H2,1-3H3/b22-20-,24-23-. The van der Waals surface area contributed by atoms with Crippen LogP contribution in [-0.2, 0) is 28.6 Å². The van der Waals surface area contributed by atoms with Gasteiger partial charge in [0.1, 0.15) is 13.2 Å². The van der Waals surface area contributed by atoms with E-state index in [0.717, 1.165) is 64.2 Å². The maximum atomic E-state index is 12.7. The van der Waals surface area contributed by atoms with Crippen LogP contribution in [0.25, 0.3) is 0 Å². The van der Waals surface area contributed by atoms with Crippen LogP contribution in [0.2, 0.25) is 0 Å². The number of carbonyl (C=O) groups is 3. The lowest BCUT2D eigenvalue weighted by Crippen LogP contribution is -2.30. The molecule has 0 spiro atoms. The van der Waals surface area contributed by atoms with Gasteiger partial charge < -0.3 is 14.2 Å². The molecule has 0 N–H and O–H groups in total. The first-order valence-electron chi connectivity index (χ1n) is 24.8. The molecular weight excluding hydrogens is 709 g/mol. The van der Waals surface area contributed by atoms with E-state index < -0.39 is 6.10 Å². The van der Waals surface area contributed by atoms with E-state index in [0.29, 0.717) is 19.3 Å². The van der Waals surface area contributed by atoms with Gasteiger partial charge in [0, 0.05) is 19.3 Å². The number of hydrogen-bond donors (Lipinski definition) is 0. The normalized spacial score (nSPS) is 12.1. The molecular formula is C51H94O6. The van der Waals surface area contributed by atoms with Gasteiger partial charge >= 0.3 is 17.9 Å². The molecule has 0 aliphatic heterocycles. The Hall–Kier alpha value is -2.11. The summed E-state index contributed by atoms with van der Waals surface area (Å²) in [6.45, 7) is 6.60. The molecule has 0 aromatic heterocycles. The van der Waals surface area contributed by atoms with Crippen LogP contribution in [0.5, 0.6) is 0 Å². The van der Waals surface area contributed by atoms with Gasteiger partial charge in [-0.1, -0.05) is 199 Å². The average molecular weight is 803 g/mol. The minimum atomic E-state index is -0.771. The summed E-state index contributed by atoms with van der Waals surface area (Å²) in [5.41, 5.74) is 0. The molecule has 0 rings (SSSR count). The van der Waals surface area contributed by atoms with Crippen molar-refractivity contribution in [3.05, 3.63) is 24.3 Å². The van der Waals surface area contributed by atoms with E-state index in [1.807, 2.05) is 0 Å². The highest BCUT2D eigenvalue weighted by molar-refractivity contribution is 5.71. The lowest BCUT2D eigenvalue weighted by molar-refractivity contribution is -0.167. The lowest BCUT2D eigenvalue weighted by Gasteiger charge is -2.18. The van der Waals surface area contributed by atoms with E-state index in [1.165, 1.54) is 161 Å². The van der Waals surface area contributed by atoms with Gasteiger partial charge in [-0.25, -0.2) is 0 Å². The largest absolute Gasteiger partial charge is 0.462 e. The van der Waals surface area contributed by atoms with E-state index in [9.17, 15) is 14.4 Å². The first-order chi connectivity index (χ1) is 28.0. The molecule has 0 heterocycles. The van der Waals surface area contributed by atoms with Crippen LogP contribution in [0.15, 0.2) is 24.3 Å². The molecule has 6 heteroatoms. The van der Waals surface area contributed by atoms with Gasteiger partial charge in [-0.05, 0) is 70.6 Å². The predicted octanol–water partition coefficient (Wildman–Crippen LogP) is 16.0. The van der Waals surface area contributed by atoms with Crippen molar-refractivity contribution in [1.82, 2.24) is 0 Å². The monoisotopic (exact) mass is 803 g/mol. The molecule has 0 saturated heterocycles. The van der Waals surface area contributed by atoms with E-state index in [4.69, 9.17) is 14.2 Å². The van der Waals surface area contributed by atoms with Crippen molar-refractivity contribution < 1.29 is 28.6 Å². The van der Waals surface area contributed by atoms with Gasteiger partial charge in [-0.15, -0.1) is 0 Å². The molecule has 1 atom stereocenters. The summed E-state index contributed by atoms with van der Waals surface area (Å²) in [7, 11) is 0. The predicted molar refractivity (Wildman–Crippen MR) is 243 cm³/mol. The molecule has 57 heavy (non-hydrogen) atoms. The molecule has 0 aliphatic carbocycles. The summed E-state index contributed by atoms with van der Waals surface area (Å²) in [6.07, 6.45) is 51.6. The maximum Gasteiger partial charge on any atom is 0.306 e. The lowest BCUT2D eigenvalue weighted by atomic mass is 10.1. The first kappa shape index (κ1) is 54.9. The third-order valence-corrected chi connectivity index (χ3v) is 10.9. The van der Waals surface area contributed by atoms with Gasteiger partial charge in [0.2, 0.25) is 0 Å². The first-order valence-corrected chi connectivity index (χ1v) is 24.8. The fourth-order valence-corrected chi connectivity index (χ4v) is 7.14. The van der Waals surface area contributed by atoms with Crippen LogP contribution in [0, 0.1) is 0 Å². The second-order valence-electron chi connectivity index (χ2n) is 16.7. The Kier molecular flexibility index (Phi) is 44.9. The summed E-state index contributed by atoms with van der Waals surface area (Å²) in [4.78, 5) is 37.8. The molecule has 0 aliphatic rings. The summed E-state index contributed by atoms with van der Waals surface area (Å²) >= 11 is 0. The van der Waals surface area contributed by atoms with E-state index in [2.05, 4.69) is 45.1 Å². The number of allylic oxidation sites excluding steroid dienone is 4. The van der Waals surface area contributed by atoms with Crippen LogP contribution in [0.3, 0.4) is 0 Å². The summed E-state index contributed by atoms with van der Waals surface area (Å²) in [5, 5.41) is 0. The van der Waals surface area contributed by atoms with Crippen molar-refractivity contribution in [3.8, 4) is 0 Å². The zero-order valence-electron chi connectivity index (χ0n) is 38.1. The van der Waals surface area contributed by atoms with Gasteiger partial charge in [0.05, 0.1) is 0 Å². The highest BCUT2D eigenvalue weighted by Gasteiger charge is 2.19. The number of unbranched alkanes of at least 4 members (excludes halogenated alkanes) is 30. The fraction of sp³-hybridized carbons (Fsp3) is 0.863. The van der Waals surface area contributed by atoms with Crippen LogP contribution in [0.4, 0.5) is 0 Å². The van der Waals surface area contributed by atoms with Gasteiger partial charge in [0.25, 0.3) is 0 Å². The molecule has 0 bridgehead atoms. The summed E-state index contributed by atoms with van der Waals surface area (Å²) < 4.78 is 16.7. The van der Waals surface area contributed by atoms with Gasteiger partial charge in [0.15, 0.2) is 6.10 Å². The van der Waals surface area contributed by atoms with Crippen molar-refractivity contribution in [1.29, 1.82) is 0 Å². The molecule has 1 unspecified atom stereocenters. The molecule has 0 aromatic rings. The van der Waals surface area contributed by atoms with Crippen molar-refractivity contribution in [2.45, 2.75) is 271 Å². The Morgan fingerprint density at radius 1 is 0.333 bits per heavy atom. The van der Waals surface area contributed by atoms with Crippen molar-refractivity contribution in [2.24, 2.45) is 0 Å². The van der Waals surface area contributed by atoms with Crippen LogP contribution < -0.4 is 0 Å². The van der Waals surface area contributed by atoms with Crippen molar-refractivity contribution >= 4 is 17.9 Å². The topological polar surface area (TPSA) is 78.9 Å². The minimum Gasteiger partial charge on any atom is -0.462 e. The molecule has 0 aromatic carbocycles. The molecule has 0 saturated carbocycles. The van der Waals surface area contributed by atoms with E-state index >= 15 is 0 Å². The summed E-state index contributed by atoms with van der Waals surface area (Å²) in [5.74, 6) is -0.881. The maximum absolute atomic E-state index is 12.7. The Labute approximate surface area is 353 Å². The zero-order chi connectivity index (χ0) is 41.5. The van der Waals surface area contributed by atoms with Crippen LogP contribution in [0.1, 0.15) is 265 Å². The quantitative estimate of drug-likeness (QED) is 0.0264. The highest BCUT2D eigenvalue weighted by atomic mass is 16.6. The Morgan fingerprint density at radius 3 is 0.895 bits per heavy atom. The third-order valence-electron chi connectivity index (χ3n) is 10.9. The van der Waals surface area contributed by atoms with Crippen LogP contribution in [-0.4, -0.2) is 37.2 Å². The minimum absolute atomic E-state index is 0.0731.